The van der Waals surface area contributed by atoms with Crippen LogP contribution >= 0.6 is 0 Å². The van der Waals surface area contributed by atoms with Gasteiger partial charge in [0.05, 0.1) is 17.8 Å². The van der Waals surface area contributed by atoms with E-state index in [1.54, 1.807) is 22.9 Å². The van der Waals surface area contributed by atoms with Crippen LogP contribution in [-0.2, 0) is 0 Å². The molecule has 4 aromatic rings. The van der Waals surface area contributed by atoms with Gasteiger partial charge in [-0.25, -0.2) is 19.2 Å². The quantitative estimate of drug-likeness (QED) is 0.285. The van der Waals surface area contributed by atoms with E-state index in [1.165, 1.54) is 18.2 Å². The maximum absolute atomic E-state index is 14.6. The van der Waals surface area contributed by atoms with E-state index in [4.69, 9.17) is 17.3 Å². The fourth-order valence-corrected chi connectivity index (χ4v) is 4.39. The van der Waals surface area contributed by atoms with Gasteiger partial charge in [0.1, 0.15) is 11.5 Å². The first kappa shape index (κ1) is 24.3. The van der Waals surface area contributed by atoms with Gasteiger partial charge in [-0.1, -0.05) is 18.2 Å². The molecule has 1 fully saturated rings. The zero-order chi connectivity index (χ0) is 26.3. The van der Waals surface area contributed by atoms with Gasteiger partial charge in [0, 0.05) is 37.1 Å². The lowest BCUT2D eigenvalue weighted by Crippen LogP contribution is -2.40. The van der Waals surface area contributed by atoms with E-state index >= 15 is 0 Å². The average Bonchev–Trinajstić information content (AvgIpc) is 3.34. The Morgan fingerprint density at radius 3 is 2.49 bits per heavy atom. The van der Waals surface area contributed by atoms with Gasteiger partial charge in [-0.3, -0.25) is 4.40 Å². The lowest BCUT2D eigenvalue weighted by atomic mass is 9.99. The van der Waals surface area contributed by atoms with Gasteiger partial charge < -0.3 is 20.5 Å². The minimum Gasteiger partial charge on any atom is -0.504 e. The van der Waals surface area contributed by atoms with Crippen LogP contribution in [0.5, 0.6) is 11.5 Å². The predicted molar refractivity (Wildman–Crippen MR) is 128 cm³/mol. The molecule has 8 nitrogen and oxygen atoms in total. The molecule has 3 N–H and O–H groups in total. The van der Waals surface area contributed by atoms with E-state index in [-0.39, 0.29) is 23.0 Å². The fourth-order valence-electron chi connectivity index (χ4n) is 4.39. The molecule has 0 bridgehead atoms. The third-order valence-electron chi connectivity index (χ3n) is 6.17. The third-order valence-corrected chi connectivity index (χ3v) is 6.17. The van der Waals surface area contributed by atoms with Crippen LogP contribution < -0.4 is 15.4 Å². The molecule has 5 rings (SSSR count). The van der Waals surface area contributed by atoms with Crippen LogP contribution in [0.2, 0.25) is 0 Å². The number of hydrogen-bond acceptors (Lipinski definition) is 6. The molecule has 0 saturated carbocycles. The number of aromatic hydroxyl groups is 1. The normalized spacial score (nSPS) is 14.6. The van der Waals surface area contributed by atoms with E-state index in [1.807, 2.05) is 4.90 Å². The van der Waals surface area contributed by atoms with Crippen molar-refractivity contribution in [3.05, 3.63) is 66.0 Å². The first-order valence-electron chi connectivity index (χ1n) is 11.3. The lowest BCUT2D eigenvalue weighted by molar-refractivity contribution is -0.275. The number of rotatable bonds is 4. The monoisotopic (exact) mass is 512 g/mol. The van der Waals surface area contributed by atoms with Crippen molar-refractivity contribution in [1.29, 1.82) is 0 Å². The molecule has 1 aliphatic heterocycles. The Kier molecular flexibility index (Phi) is 6.08. The summed E-state index contributed by atoms with van der Waals surface area (Å²) >= 11 is 0. The number of nitrogens with two attached hydrogens (primary N) is 1. The molecule has 2 aromatic carbocycles. The summed E-state index contributed by atoms with van der Waals surface area (Å²) in [6.07, 6.45) is -0.241. The highest BCUT2D eigenvalue weighted by molar-refractivity contribution is 5.92. The average molecular weight is 512 g/mol. The zero-order valence-corrected chi connectivity index (χ0v) is 19.2. The number of fused-ring (bicyclic) bond motifs is 1. The molecule has 1 saturated heterocycles. The lowest BCUT2D eigenvalue weighted by Gasteiger charge is -2.32. The van der Waals surface area contributed by atoms with Gasteiger partial charge in [-0.05, 0) is 36.6 Å². The highest BCUT2D eigenvalue weighted by Gasteiger charge is 2.32. The predicted octanol–water partition coefficient (Wildman–Crippen LogP) is 5.28. The number of phenolic OH excluding ortho intramolecular Hbond substituents is 1. The number of imidazole rings is 1. The molecular formula is C25H20F4N6O2. The summed E-state index contributed by atoms with van der Waals surface area (Å²) in [5.74, 6) is -1.72. The van der Waals surface area contributed by atoms with Crippen LogP contribution in [0.4, 0.5) is 29.2 Å². The molecule has 0 unspecified atom stereocenters. The first-order valence-corrected chi connectivity index (χ1v) is 11.3. The summed E-state index contributed by atoms with van der Waals surface area (Å²) in [6, 6.07) is 7.55. The summed E-state index contributed by atoms with van der Waals surface area (Å²) in [7, 11) is 0. The van der Waals surface area contributed by atoms with Crippen LogP contribution in [0.25, 0.3) is 32.9 Å². The van der Waals surface area contributed by atoms with Crippen molar-refractivity contribution in [2.75, 3.05) is 18.0 Å². The molecule has 190 valence electrons. The minimum atomic E-state index is -4.98. The van der Waals surface area contributed by atoms with Crippen LogP contribution in [0.15, 0.2) is 48.8 Å². The second kappa shape index (κ2) is 9.25. The summed E-state index contributed by atoms with van der Waals surface area (Å²) in [6.45, 7) is 8.40. The van der Waals surface area contributed by atoms with Crippen LogP contribution in [0, 0.1) is 12.4 Å². The Balaban J connectivity index is 1.73. The van der Waals surface area contributed by atoms with Crippen molar-refractivity contribution in [2.45, 2.75) is 25.2 Å². The van der Waals surface area contributed by atoms with E-state index in [0.717, 1.165) is 25.0 Å². The number of hydrogen-bond donors (Lipinski definition) is 2. The van der Waals surface area contributed by atoms with Gasteiger partial charge in [-0.15, -0.1) is 13.2 Å². The third kappa shape index (κ3) is 4.73. The number of benzene rings is 2. The highest BCUT2D eigenvalue weighted by Crippen LogP contribution is 2.41. The van der Waals surface area contributed by atoms with E-state index in [0.29, 0.717) is 35.8 Å². The van der Waals surface area contributed by atoms with Crippen LogP contribution in [0.1, 0.15) is 12.8 Å². The topological polar surface area (TPSA) is 93.3 Å². The SMILES string of the molecule is [C-]#[N+]c1ccc(-c2nc(N3CCC(N)CC3)n3ccnc3c2-c2ccc(OC(F)(F)F)c(O)c2)cc1F. The number of alkyl halides is 3. The van der Waals surface area contributed by atoms with E-state index in [2.05, 4.69) is 14.6 Å². The molecule has 0 atom stereocenters. The molecule has 12 heteroatoms. The van der Waals surface area contributed by atoms with Gasteiger partial charge >= 0.3 is 6.36 Å². The molecule has 0 amide bonds. The molecule has 1 aliphatic rings. The zero-order valence-electron chi connectivity index (χ0n) is 19.2. The van der Waals surface area contributed by atoms with Crippen molar-refractivity contribution in [3.63, 3.8) is 0 Å². The largest absolute Gasteiger partial charge is 0.573 e. The number of aromatic nitrogens is 3. The Morgan fingerprint density at radius 2 is 1.84 bits per heavy atom. The Bertz CT molecular complexity index is 1520. The number of anilines is 1. The van der Waals surface area contributed by atoms with E-state index in [9.17, 15) is 22.7 Å². The molecule has 0 aliphatic carbocycles. The summed E-state index contributed by atoms with van der Waals surface area (Å²) < 4.78 is 58.4. The maximum atomic E-state index is 14.6. The van der Waals surface area contributed by atoms with Gasteiger partial charge in [0.15, 0.2) is 11.5 Å². The number of nitrogens with zero attached hydrogens (tertiary/aromatic N) is 5. The van der Waals surface area contributed by atoms with Crippen molar-refractivity contribution in [1.82, 2.24) is 14.4 Å². The Morgan fingerprint density at radius 1 is 1.11 bits per heavy atom. The fraction of sp³-hybridized carbons (Fsp3) is 0.240. The summed E-state index contributed by atoms with van der Waals surface area (Å²) in [4.78, 5) is 14.5. The molecule has 37 heavy (non-hydrogen) atoms. The standard InChI is InChI=1S/C25H20F4N6O2/c1-31-18-4-2-15(12-17(18)26)22-21(14-3-5-20(19(36)13-14)37-25(27,28)29)23-32-8-11-35(23)24(33-22)34-9-6-16(30)7-10-34/h2-5,8,11-13,16,36H,6-7,9-10,30H2. The Labute approximate surface area is 208 Å². The van der Waals surface area contributed by atoms with Gasteiger partial charge in [-0.2, -0.15) is 0 Å². The van der Waals surface area contributed by atoms with Gasteiger partial charge in [0.25, 0.3) is 0 Å². The second-order valence-corrected chi connectivity index (χ2v) is 8.59. The maximum Gasteiger partial charge on any atom is 0.573 e. The van der Waals surface area contributed by atoms with Crippen molar-refractivity contribution in [3.8, 4) is 33.9 Å². The molecule has 0 radical (unpaired) electrons. The smallest absolute Gasteiger partial charge is 0.504 e. The van der Waals surface area contributed by atoms with Crippen molar-refractivity contribution in [2.24, 2.45) is 5.73 Å². The number of phenols is 1. The Hall–Kier alpha value is -4.37. The first-order chi connectivity index (χ1) is 17.6. The molecule has 3 heterocycles. The molecule has 0 spiro atoms. The van der Waals surface area contributed by atoms with Crippen LogP contribution in [-0.4, -0.2) is 45.0 Å². The summed E-state index contributed by atoms with van der Waals surface area (Å²) in [5.41, 5.74) is 7.54. The molecular weight excluding hydrogens is 492 g/mol. The minimum absolute atomic E-state index is 0.0731. The highest BCUT2D eigenvalue weighted by atomic mass is 19.4. The number of piperidine rings is 1. The van der Waals surface area contributed by atoms with Gasteiger partial charge in [0.2, 0.25) is 11.6 Å². The van der Waals surface area contributed by atoms with Crippen LogP contribution in [0.3, 0.4) is 0 Å². The number of ether oxygens (including phenoxy) is 1. The van der Waals surface area contributed by atoms with E-state index < -0.39 is 23.7 Å². The second-order valence-electron chi connectivity index (χ2n) is 8.59. The van der Waals surface area contributed by atoms with Crippen molar-refractivity contribution >= 4 is 17.3 Å². The molecule has 2 aromatic heterocycles. The summed E-state index contributed by atoms with van der Waals surface area (Å²) in [5, 5.41) is 10.3. The van der Waals surface area contributed by atoms with Crippen molar-refractivity contribution < 1.29 is 27.4 Å². The number of halogens is 4.